The molecule has 0 saturated carbocycles. The maximum Gasteiger partial charge on any atom is 0.243 e. The molecule has 0 spiro atoms. The van der Waals surface area contributed by atoms with E-state index < -0.39 is 10.0 Å². The van der Waals surface area contributed by atoms with Crippen molar-refractivity contribution in [2.75, 3.05) is 0 Å². The number of nitrogens with zero attached hydrogens (tertiary/aromatic N) is 2. The Bertz CT molecular complexity index is 658. The van der Waals surface area contributed by atoms with Crippen LogP contribution in [0.4, 0.5) is 0 Å². The minimum atomic E-state index is -3.48. The Morgan fingerprint density at radius 1 is 1.29 bits per heavy atom. The van der Waals surface area contributed by atoms with Gasteiger partial charge in [0.1, 0.15) is 1.37 Å². The minimum Gasteiger partial charge on any atom is -0.347 e. The highest BCUT2D eigenvalue weighted by molar-refractivity contribution is 7.89. The SMILES string of the molecule is [2H]c1nc2c([nH]1)CN(S(=O)(=O)c1ccccc1)C2. The number of rotatable bonds is 2. The molecule has 6 heteroatoms. The second-order valence-corrected chi connectivity index (χ2v) is 5.80. The van der Waals surface area contributed by atoms with E-state index in [1.165, 1.54) is 4.31 Å². The van der Waals surface area contributed by atoms with Crippen molar-refractivity contribution in [3.63, 3.8) is 0 Å². The van der Waals surface area contributed by atoms with Crippen LogP contribution in [0.25, 0.3) is 0 Å². The van der Waals surface area contributed by atoms with Crippen LogP contribution in [-0.2, 0) is 23.1 Å². The first-order chi connectivity index (χ1) is 8.57. The fourth-order valence-electron chi connectivity index (χ4n) is 1.87. The van der Waals surface area contributed by atoms with E-state index in [2.05, 4.69) is 9.97 Å². The monoisotopic (exact) mass is 250 g/mol. The lowest BCUT2D eigenvalue weighted by Gasteiger charge is -2.15. The second kappa shape index (κ2) is 3.68. The fourth-order valence-corrected chi connectivity index (χ4v) is 3.27. The third kappa shape index (κ3) is 1.65. The number of fused-ring (bicyclic) bond motifs is 1. The molecule has 1 aliphatic rings. The first-order valence-electron chi connectivity index (χ1n) is 5.67. The fraction of sp³-hybridized carbons (Fsp3) is 0.182. The Balaban J connectivity index is 1.92. The van der Waals surface area contributed by atoms with Crippen molar-refractivity contribution in [3.8, 4) is 0 Å². The number of H-pyrrole nitrogens is 1. The number of imidazole rings is 1. The number of hydrogen-bond donors (Lipinski definition) is 1. The van der Waals surface area contributed by atoms with E-state index in [1.807, 2.05) is 0 Å². The summed E-state index contributed by atoms with van der Waals surface area (Å²) in [6.45, 7) is 0.473. The Labute approximate surface area is 101 Å². The molecule has 2 heterocycles. The first kappa shape index (κ1) is 9.38. The molecule has 88 valence electrons. The quantitative estimate of drug-likeness (QED) is 0.868. The van der Waals surface area contributed by atoms with E-state index >= 15 is 0 Å². The van der Waals surface area contributed by atoms with E-state index in [0.29, 0.717) is 11.4 Å². The molecule has 3 rings (SSSR count). The van der Waals surface area contributed by atoms with Gasteiger partial charge in [0, 0.05) is 0 Å². The highest BCUT2D eigenvalue weighted by Crippen LogP contribution is 2.25. The molecule has 17 heavy (non-hydrogen) atoms. The summed E-state index contributed by atoms with van der Waals surface area (Å²) in [5.74, 6) is 0. The number of hydrogen-bond acceptors (Lipinski definition) is 3. The van der Waals surface area contributed by atoms with E-state index in [4.69, 9.17) is 1.37 Å². The van der Waals surface area contributed by atoms with Gasteiger partial charge >= 0.3 is 0 Å². The van der Waals surface area contributed by atoms with Crippen LogP contribution in [-0.4, -0.2) is 22.7 Å². The Kier molecular flexibility index (Phi) is 2.03. The summed E-state index contributed by atoms with van der Waals surface area (Å²) in [6.07, 6.45) is 0.0803. The predicted octanol–water partition coefficient (Wildman–Crippen LogP) is 1.11. The van der Waals surface area contributed by atoms with Crippen LogP contribution in [0.2, 0.25) is 0 Å². The molecule has 0 aliphatic carbocycles. The predicted molar refractivity (Wildman–Crippen MR) is 61.5 cm³/mol. The highest BCUT2D eigenvalue weighted by atomic mass is 32.2. The zero-order valence-corrected chi connectivity index (χ0v) is 9.74. The van der Waals surface area contributed by atoms with Gasteiger partial charge in [-0.2, -0.15) is 4.31 Å². The van der Waals surface area contributed by atoms with E-state index in [0.717, 1.165) is 0 Å². The Hall–Kier alpha value is -1.66. The molecule has 0 unspecified atom stereocenters. The molecule has 1 aromatic heterocycles. The summed E-state index contributed by atoms with van der Waals surface area (Å²) in [5, 5.41) is 0. The van der Waals surface area contributed by atoms with Crippen molar-refractivity contribution < 1.29 is 9.79 Å². The highest BCUT2D eigenvalue weighted by Gasteiger charge is 2.31. The van der Waals surface area contributed by atoms with Crippen molar-refractivity contribution in [3.05, 3.63) is 48.0 Å². The molecular formula is C11H11N3O2S. The van der Waals surface area contributed by atoms with Gasteiger partial charge < -0.3 is 4.98 Å². The lowest BCUT2D eigenvalue weighted by Crippen LogP contribution is -2.26. The third-order valence-electron chi connectivity index (χ3n) is 2.79. The molecule has 1 aliphatic heterocycles. The summed E-state index contributed by atoms with van der Waals surface area (Å²) >= 11 is 0. The largest absolute Gasteiger partial charge is 0.347 e. The zero-order chi connectivity index (χ0) is 12.8. The van der Waals surface area contributed by atoms with E-state index in [1.54, 1.807) is 30.3 Å². The molecule has 5 nitrogen and oxygen atoms in total. The summed E-state index contributed by atoms with van der Waals surface area (Å²) in [6, 6.07) is 8.32. The molecule has 0 saturated heterocycles. The van der Waals surface area contributed by atoms with Gasteiger partial charge in [0.15, 0.2) is 0 Å². The average Bonchev–Trinajstić information content (AvgIpc) is 2.87. The maximum absolute atomic E-state index is 12.3. The van der Waals surface area contributed by atoms with Gasteiger partial charge in [-0.05, 0) is 12.1 Å². The molecule has 1 aromatic carbocycles. The van der Waals surface area contributed by atoms with Crippen LogP contribution < -0.4 is 0 Å². The van der Waals surface area contributed by atoms with E-state index in [9.17, 15) is 8.42 Å². The lowest BCUT2D eigenvalue weighted by molar-refractivity contribution is 0.426. The molecule has 2 aromatic rings. The summed E-state index contributed by atoms with van der Waals surface area (Å²) < 4.78 is 33.3. The molecule has 0 bridgehead atoms. The summed E-state index contributed by atoms with van der Waals surface area (Å²) in [5.41, 5.74) is 1.35. The number of benzene rings is 1. The molecular weight excluding hydrogens is 238 g/mol. The van der Waals surface area contributed by atoms with Gasteiger partial charge in [-0.3, -0.25) is 0 Å². The Morgan fingerprint density at radius 2 is 2.06 bits per heavy atom. The van der Waals surface area contributed by atoms with Crippen LogP contribution >= 0.6 is 0 Å². The third-order valence-corrected chi connectivity index (χ3v) is 4.59. The molecule has 0 atom stereocenters. The van der Waals surface area contributed by atoms with Gasteiger partial charge in [0.25, 0.3) is 0 Å². The maximum atomic E-state index is 12.3. The van der Waals surface area contributed by atoms with Crippen molar-refractivity contribution in [2.24, 2.45) is 0 Å². The molecule has 0 radical (unpaired) electrons. The van der Waals surface area contributed by atoms with Crippen LogP contribution in [0.3, 0.4) is 0 Å². The number of nitrogens with one attached hydrogen (secondary N) is 1. The van der Waals surface area contributed by atoms with Crippen molar-refractivity contribution in [2.45, 2.75) is 18.0 Å². The number of aromatic amines is 1. The summed E-state index contributed by atoms with van der Waals surface area (Å²) in [7, 11) is -3.48. The molecule has 0 fully saturated rings. The van der Waals surface area contributed by atoms with Gasteiger partial charge in [-0.25, -0.2) is 13.4 Å². The average molecular weight is 250 g/mol. The normalized spacial score (nSPS) is 16.8. The second-order valence-electron chi connectivity index (χ2n) is 3.86. The van der Waals surface area contributed by atoms with Crippen molar-refractivity contribution >= 4 is 10.0 Å². The van der Waals surface area contributed by atoms with E-state index in [-0.39, 0.29) is 24.3 Å². The Morgan fingerprint density at radius 3 is 2.76 bits per heavy atom. The smallest absolute Gasteiger partial charge is 0.243 e. The lowest BCUT2D eigenvalue weighted by atomic mass is 10.4. The van der Waals surface area contributed by atoms with Crippen molar-refractivity contribution in [1.82, 2.24) is 14.3 Å². The van der Waals surface area contributed by atoms with Crippen LogP contribution in [0.5, 0.6) is 0 Å². The topological polar surface area (TPSA) is 66.1 Å². The van der Waals surface area contributed by atoms with Gasteiger partial charge in [-0.1, -0.05) is 18.2 Å². The first-order valence-corrected chi connectivity index (χ1v) is 6.61. The van der Waals surface area contributed by atoms with Crippen molar-refractivity contribution in [1.29, 1.82) is 0 Å². The van der Waals surface area contributed by atoms with Crippen LogP contribution in [0.15, 0.2) is 41.5 Å². The van der Waals surface area contributed by atoms with Gasteiger partial charge in [0.05, 0.1) is 35.7 Å². The van der Waals surface area contributed by atoms with Crippen LogP contribution in [0.1, 0.15) is 12.8 Å². The number of aromatic nitrogens is 2. The van der Waals surface area contributed by atoms with Gasteiger partial charge in [0.2, 0.25) is 10.0 Å². The van der Waals surface area contributed by atoms with Crippen LogP contribution in [0, 0.1) is 0 Å². The minimum absolute atomic E-state index is 0.0803. The standard InChI is InChI=1S/C11H11N3O2S/c15-17(16,9-4-2-1-3-5-9)14-6-10-11(7-14)13-8-12-10/h1-5,8H,6-7H2,(H,12,13)/i8D. The molecule has 1 N–H and O–H groups in total. The molecule has 0 amide bonds. The summed E-state index contributed by atoms with van der Waals surface area (Å²) in [4.78, 5) is 6.99. The number of sulfonamides is 1. The zero-order valence-electron chi connectivity index (χ0n) is 9.92. The van der Waals surface area contributed by atoms with Gasteiger partial charge in [-0.15, -0.1) is 0 Å².